The number of para-hydroxylation sites is 1. The maximum absolute atomic E-state index is 13.0. The molecule has 0 aliphatic heterocycles. The number of aryl methyl sites for hydroxylation is 1. The van der Waals surface area contributed by atoms with Crippen LogP contribution in [-0.2, 0) is 10.0 Å². The first kappa shape index (κ1) is 17.1. The summed E-state index contributed by atoms with van der Waals surface area (Å²) < 4.78 is 27.3. The molecule has 0 amide bonds. The van der Waals surface area contributed by atoms with E-state index in [1.165, 1.54) is 16.4 Å². The highest BCUT2D eigenvalue weighted by molar-refractivity contribution is 7.90. The first-order chi connectivity index (χ1) is 11.9. The smallest absolute Gasteiger partial charge is 0.268 e. The standard InChI is InChI=1S/C17H16N4O2S2/c1-12-6-8-14(9-7-12)25(22,23)21-11-13(10-19-20-17(18)24)15-4-2-3-5-16(15)21/h2-11H,1H3,(H3,18,20,24)/b19-10+. The summed E-state index contributed by atoms with van der Waals surface area (Å²) in [6.07, 6.45) is 3.02. The zero-order valence-corrected chi connectivity index (χ0v) is 15.0. The Labute approximate surface area is 151 Å². The van der Waals surface area contributed by atoms with Crippen LogP contribution in [0, 0.1) is 6.92 Å². The Hall–Kier alpha value is -2.71. The number of benzene rings is 2. The third kappa shape index (κ3) is 3.40. The summed E-state index contributed by atoms with van der Waals surface area (Å²) in [6.45, 7) is 1.91. The minimum absolute atomic E-state index is 0.0345. The number of thiocarbonyl (C=S) groups is 1. The van der Waals surface area contributed by atoms with Gasteiger partial charge in [-0.2, -0.15) is 5.10 Å². The van der Waals surface area contributed by atoms with Crippen molar-refractivity contribution in [3.63, 3.8) is 0 Å². The van der Waals surface area contributed by atoms with E-state index in [4.69, 9.17) is 18.0 Å². The Kier molecular flexibility index (Phi) is 4.56. The van der Waals surface area contributed by atoms with E-state index in [1.54, 1.807) is 36.4 Å². The van der Waals surface area contributed by atoms with Gasteiger partial charge in [0.15, 0.2) is 5.11 Å². The van der Waals surface area contributed by atoms with Gasteiger partial charge >= 0.3 is 0 Å². The van der Waals surface area contributed by atoms with Crippen molar-refractivity contribution in [3.05, 3.63) is 65.9 Å². The molecule has 0 radical (unpaired) electrons. The van der Waals surface area contributed by atoms with Crippen molar-refractivity contribution in [2.45, 2.75) is 11.8 Å². The van der Waals surface area contributed by atoms with E-state index in [9.17, 15) is 8.42 Å². The van der Waals surface area contributed by atoms with Gasteiger partial charge in [0.1, 0.15) is 0 Å². The minimum Gasteiger partial charge on any atom is -0.375 e. The van der Waals surface area contributed by atoms with E-state index < -0.39 is 10.0 Å². The summed E-state index contributed by atoms with van der Waals surface area (Å²) >= 11 is 4.70. The SMILES string of the molecule is Cc1ccc(S(=O)(=O)n2cc(/C=N/NC(N)=S)c3ccccc32)cc1. The number of nitrogens with zero attached hydrogens (tertiary/aromatic N) is 2. The fraction of sp³-hybridized carbons (Fsp3) is 0.0588. The van der Waals surface area contributed by atoms with Gasteiger partial charge < -0.3 is 5.73 Å². The largest absolute Gasteiger partial charge is 0.375 e. The molecule has 3 rings (SSSR count). The number of aromatic nitrogens is 1. The molecule has 0 aliphatic rings. The molecule has 3 N–H and O–H groups in total. The number of nitrogens with one attached hydrogen (secondary N) is 1. The van der Waals surface area contributed by atoms with Gasteiger partial charge in [-0.3, -0.25) is 5.43 Å². The van der Waals surface area contributed by atoms with Crippen molar-refractivity contribution in [1.82, 2.24) is 9.40 Å². The summed E-state index contributed by atoms with van der Waals surface area (Å²) in [7, 11) is -3.72. The summed E-state index contributed by atoms with van der Waals surface area (Å²) in [5, 5.41) is 4.71. The molecule has 0 unspecified atom stereocenters. The molecule has 2 aromatic carbocycles. The predicted octanol–water partition coefficient (Wildman–Crippen LogP) is 2.35. The number of rotatable bonds is 4. The first-order valence-corrected chi connectivity index (χ1v) is 9.25. The van der Waals surface area contributed by atoms with Gasteiger partial charge in [-0.15, -0.1) is 0 Å². The Morgan fingerprint density at radius 2 is 1.88 bits per heavy atom. The molecule has 0 atom stereocenters. The highest BCUT2D eigenvalue weighted by atomic mass is 32.2. The van der Waals surface area contributed by atoms with Gasteiger partial charge in [0.2, 0.25) is 0 Å². The molecule has 3 aromatic rings. The highest BCUT2D eigenvalue weighted by Gasteiger charge is 2.20. The van der Waals surface area contributed by atoms with Crippen LogP contribution in [0.1, 0.15) is 11.1 Å². The minimum atomic E-state index is -3.72. The monoisotopic (exact) mass is 372 g/mol. The highest BCUT2D eigenvalue weighted by Crippen LogP contribution is 2.25. The quantitative estimate of drug-likeness (QED) is 0.417. The molecule has 0 fully saturated rings. The molecule has 1 heterocycles. The van der Waals surface area contributed by atoms with Crippen molar-refractivity contribution in [1.29, 1.82) is 0 Å². The van der Waals surface area contributed by atoms with Crippen molar-refractivity contribution in [2.24, 2.45) is 10.8 Å². The molecule has 128 valence electrons. The lowest BCUT2D eigenvalue weighted by atomic mass is 10.2. The van der Waals surface area contributed by atoms with Crippen molar-refractivity contribution < 1.29 is 8.42 Å². The Morgan fingerprint density at radius 3 is 2.56 bits per heavy atom. The summed E-state index contributed by atoms with van der Waals surface area (Å²) in [4.78, 5) is 0.226. The second-order valence-electron chi connectivity index (χ2n) is 5.45. The molecule has 0 aliphatic carbocycles. The van der Waals surface area contributed by atoms with Crippen molar-refractivity contribution in [2.75, 3.05) is 0 Å². The molecule has 0 bridgehead atoms. The van der Waals surface area contributed by atoms with Crippen molar-refractivity contribution >= 4 is 44.5 Å². The fourth-order valence-corrected chi connectivity index (χ4v) is 3.90. The van der Waals surface area contributed by atoms with E-state index in [2.05, 4.69) is 10.5 Å². The van der Waals surface area contributed by atoms with Gasteiger partial charge in [-0.05, 0) is 37.3 Å². The van der Waals surface area contributed by atoms with Crippen LogP contribution in [-0.4, -0.2) is 23.7 Å². The molecule has 1 aromatic heterocycles. The lowest BCUT2D eigenvalue weighted by molar-refractivity contribution is 0.589. The summed E-state index contributed by atoms with van der Waals surface area (Å²) in [5.41, 5.74) is 10.00. The van der Waals surface area contributed by atoms with E-state index in [-0.39, 0.29) is 10.0 Å². The lowest BCUT2D eigenvalue weighted by Gasteiger charge is -2.07. The van der Waals surface area contributed by atoms with E-state index in [1.807, 2.05) is 19.1 Å². The Bertz CT molecular complexity index is 1070. The van der Waals surface area contributed by atoms with Gasteiger partial charge in [-0.25, -0.2) is 12.4 Å². The zero-order chi connectivity index (χ0) is 18.0. The van der Waals surface area contributed by atoms with Crippen LogP contribution in [0.4, 0.5) is 0 Å². The maximum atomic E-state index is 13.0. The van der Waals surface area contributed by atoms with Crippen LogP contribution in [0.25, 0.3) is 10.9 Å². The average Bonchev–Trinajstić information content (AvgIpc) is 2.95. The van der Waals surface area contributed by atoms with Gasteiger partial charge in [0.05, 0.1) is 16.6 Å². The third-order valence-corrected chi connectivity index (χ3v) is 5.44. The average molecular weight is 372 g/mol. The Balaban J connectivity index is 2.15. The lowest BCUT2D eigenvalue weighted by Crippen LogP contribution is -2.23. The number of hydrogen-bond donors (Lipinski definition) is 2. The van der Waals surface area contributed by atoms with E-state index in [0.29, 0.717) is 11.1 Å². The molecule has 0 saturated carbocycles. The van der Waals surface area contributed by atoms with Crippen LogP contribution in [0.2, 0.25) is 0 Å². The van der Waals surface area contributed by atoms with Crippen molar-refractivity contribution in [3.8, 4) is 0 Å². The number of nitrogens with two attached hydrogens (primary N) is 1. The second-order valence-corrected chi connectivity index (χ2v) is 7.70. The van der Waals surface area contributed by atoms with E-state index in [0.717, 1.165) is 10.9 Å². The van der Waals surface area contributed by atoms with Crippen LogP contribution in [0.3, 0.4) is 0 Å². The maximum Gasteiger partial charge on any atom is 0.268 e. The molecule has 0 saturated heterocycles. The van der Waals surface area contributed by atoms with Gasteiger partial charge in [-0.1, -0.05) is 35.9 Å². The second kappa shape index (κ2) is 6.66. The van der Waals surface area contributed by atoms with Crippen LogP contribution in [0.15, 0.2) is 64.7 Å². The normalized spacial score (nSPS) is 11.9. The summed E-state index contributed by atoms with van der Waals surface area (Å²) in [5.74, 6) is 0. The van der Waals surface area contributed by atoms with Gasteiger partial charge in [0.25, 0.3) is 10.0 Å². The first-order valence-electron chi connectivity index (χ1n) is 7.40. The number of fused-ring (bicyclic) bond motifs is 1. The molecular formula is C17H16N4O2S2. The van der Waals surface area contributed by atoms with Gasteiger partial charge in [0, 0.05) is 17.1 Å². The van der Waals surface area contributed by atoms with Crippen LogP contribution in [0.5, 0.6) is 0 Å². The number of hydrazone groups is 1. The molecule has 0 spiro atoms. The molecule has 6 nitrogen and oxygen atoms in total. The molecule has 8 heteroatoms. The number of hydrogen-bond acceptors (Lipinski definition) is 4. The topological polar surface area (TPSA) is 89.5 Å². The predicted molar refractivity (Wildman–Crippen MR) is 103 cm³/mol. The summed E-state index contributed by atoms with van der Waals surface area (Å²) in [6, 6.07) is 13.9. The van der Waals surface area contributed by atoms with Crippen LogP contribution >= 0.6 is 12.2 Å². The third-order valence-electron chi connectivity index (χ3n) is 3.66. The Morgan fingerprint density at radius 1 is 1.20 bits per heavy atom. The molecular weight excluding hydrogens is 356 g/mol. The fourth-order valence-electron chi connectivity index (χ4n) is 2.47. The van der Waals surface area contributed by atoms with Crippen LogP contribution < -0.4 is 11.2 Å². The van der Waals surface area contributed by atoms with E-state index >= 15 is 0 Å². The zero-order valence-electron chi connectivity index (χ0n) is 13.4. The molecule has 25 heavy (non-hydrogen) atoms.